The van der Waals surface area contributed by atoms with Crippen molar-refractivity contribution >= 4 is 29.6 Å². The topological polar surface area (TPSA) is 112 Å². The number of aromatic nitrogens is 4. The van der Waals surface area contributed by atoms with Gasteiger partial charge in [-0.3, -0.25) is 10.1 Å². The van der Waals surface area contributed by atoms with E-state index in [2.05, 4.69) is 36.5 Å². The summed E-state index contributed by atoms with van der Waals surface area (Å²) in [6, 6.07) is 1.88. The summed E-state index contributed by atoms with van der Waals surface area (Å²) >= 11 is 1.57. The fourth-order valence-electron chi connectivity index (χ4n) is 4.33. The van der Waals surface area contributed by atoms with E-state index in [1.807, 2.05) is 12.3 Å². The lowest BCUT2D eigenvalue weighted by molar-refractivity contribution is -0.230. The van der Waals surface area contributed by atoms with Crippen LogP contribution in [0.5, 0.6) is 0 Å². The van der Waals surface area contributed by atoms with Gasteiger partial charge in [0.05, 0.1) is 36.5 Å². The fourth-order valence-corrected chi connectivity index (χ4v) is 4.70. The molecule has 4 heterocycles. The number of rotatable bonds is 8. The summed E-state index contributed by atoms with van der Waals surface area (Å²) in [5.41, 5.74) is 0.498. The molecular formula is C21H27F2N7O2S. The third-order valence-corrected chi connectivity index (χ3v) is 6.36. The van der Waals surface area contributed by atoms with Crippen LogP contribution in [-0.4, -0.2) is 77.0 Å². The van der Waals surface area contributed by atoms with Gasteiger partial charge in [-0.05, 0) is 18.4 Å². The molecule has 2 aliphatic rings. The SMILES string of the molecule is CSNCC1CN(c2cc(-c3cnc(/C=C\C(=N)C(F)F)[nH]3)ncn2)CC(C)C12OCCO2. The molecule has 2 saturated heterocycles. The number of alkyl halides is 2. The van der Waals surface area contributed by atoms with Crippen LogP contribution in [0, 0.1) is 17.2 Å². The summed E-state index contributed by atoms with van der Waals surface area (Å²) in [4.78, 5) is 18.2. The second kappa shape index (κ2) is 10.2. The Hall–Kier alpha value is -2.41. The summed E-state index contributed by atoms with van der Waals surface area (Å²) in [5.74, 6) is 0.799. The zero-order valence-electron chi connectivity index (χ0n) is 18.4. The van der Waals surface area contributed by atoms with Crippen molar-refractivity contribution in [3.63, 3.8) is 0 Å². The number of anilines is 1. The molecule has 33 heavy (non-hydrogen) atoms. The van der Waals surface area contributed by atoms with Crippen molar-refractivity contribution in [2.45, 2.75) is 19.1 Å². The second-order valence-electron chi connectivity index (χ2n) is 8.01. The maximum absolute atomic E-state index is 12.5. The van der Waals surface area contributed by atoms with Crippen molar-refractivity contribution in [3.8, 4) is 11.4 Å². The first-order valence-corrected chi connectivity index (χ1v) is 11.9. The van der Waals surface area contributed by atoms with Gasteiger partial charge in [-0.2, -0.15) is 0 Å². The molecule has 0 amide bonds. The molecule has 0 bridgehead atoms. The molecular weight excluding hydrogens is 452 g/mol. The van der Waals surface area contributed by atoms with Crippen molar-refractivity contribution in [2.75, 3.05) is 44.0 Å². The molecule has 12 heteroatoms. The highest BCUT2D eigenvalue weighted by Gasteiger charge is 2.52. The molecule has 0 radical (unpaired) electrons. The van der Waals surface area contributed by atoms with E-state index >= 15 is 0 Å². The average Bonchev–Trinajstić information content (AvgIpc) is 3.49. The highest BCUT2D eigenvalue weighted by Crippen LogP contribution is 2.41. The molecule has 0 saturated carbocycles. The molecule has 1 spiro atoms. The van der Waals surface area contributed by atoms with E-state index in [0.29, 0.717) is 37.0 Å². The largest absolute Gasteiger partial charge is 0.355 e. The van der Waals surface area contributed by atoms with Gasteiger partial charge in [0.2, 0.25) is 0 Å². The van der Waals surface area contributed by atoms with Crippen molar-refractivity contribution in [1.29, 1.82) is 5.41 Å². The minimum atomic E-state index is -2.82. The lowest BCUT2D eigenvalue weighted by atomic mass is 9.83. The summed E-state index contributed by atoms with van der Waals surface area (Å²) in [6.07, 6.45) is 4.63. The molecule has 0 aromatic carbocycles. The molecule has 4 rings (SSSR count). The normalized spacial score (nSPS) is 22.6. The highest BCUT2D eigenvalue weighted by molar-refractivity contribution is 7.96. The number of piperidine rings is 1. The van der Waals surface area contributed by atoms with E-state index in [0.717, 1.165) is 25.0 Å². The monoisotopic (exact) mass is 479 g/mol. The summed E-state index contributed by atoms with van der Waals surface area (Å²) < 4.78 is 40.6. The molecule has 2 aliphatic heterocycles. The second-order valence-corrected chi connectivity index (χ2v) is 8.70. The maximum Gasteiger partial charge on any atom is 0.279 e. The average molecular weight is 480 g/mol. The van der Waals surface area contributed by atoms with Gasteiger partial charge in [0.25, 0.3) is 6.43 Å². The van der Waals surface area contributed by atoms with Crippen LogP contribution in [0.4, 0.5) is 14.6 Å². The Morgan fingerprint density at radius 1 is 1.36 bits per heavy atom. The highest BCUT2D eigenvalue weighted by atomic mass is 32.2. The number of imidazole rings is 1. The Labute approximate surface area is 195 Å². The fraction of sp³-hybridized carbons (Fsp3) is 0.524. The van der Waals surface area contributed by atoms with E-state index in [-0.39, 0.29) is 11.8 Å². The number of aromatic amines is 1. The standard InChI is InChI=1S/C21H27F2N7O2S/c1-13-10-30(11-14(8-28-33-2)21(13)31-5-6-32-21)19-7-16(26-12-27-19)17-9-25-18(29-17)4-3-15(24)20(22)23/h3-4,7,9,12-14,20,24,28H,5-6,8,10-11H2,1-2H3,(H,25,29)/b4-3-,24-15?. The predicted octanol–water partition coefficient (Wildman–Crippen LogP) is 2.85. The number of nitrogens with one attached hydrogen (secondary N) is 3. The van der Waals surface area contributed by atoms with E-state index in [4.69, 9.17) is 14.9 Å². The number of hydrogen-bond acceptors (Lipinski definition) is 9. The number of ether oxygens (including phenoxy) is 2. The smallest absolute Gasteiger partial charge is 0.279 e. The third kappa shape index (κ3) is 5.08. The molecule has 0 aliphatic carbocycles. The predicted molar refractivity (Wildman–Crippen MR) is 123 cm³/mol. The Kier molecular flexibility index (Phi) is 7.37. The minimum absolute atomic E-state index is 0.115. The van der Waals surface area contributed by atoms with Crippen LogP contribution in [-0.2, 0) is 9.47 Å². The molecule has 2 unspecified atom stereocenters. The zero-order chi connectivity index (χ0) is 23.4. The van der Waals surface area contributed by atoms with Crippen LogP contribution in [0.15, 0.2) is 24.7 Å². The van der Waals surface area contributed by atoms with Crippen LogP contribution in [0.2, 0.25) is 0 Å². The first-order valence-electron chi connectivity index (χ1n) is 10.6. The summed E-state index contributed by atoms with van der Waals surface area (Å²) in [7, 11) is 0. The van der Waals surface area contributed by atoms with Crippen LogP contribution in [0.3, 0.4) is 0 Å². The number of halogens is 2. The van der Waals surface area contributed by atoms with Gasteiger partial charge in [0.15, 0.2) is 5.79 Å². The molecule has 178 valence electrons. The zero-order valence-corrected chi connectivity index (χ0v) is 19.2. The number of nitrogens with zero attached hydrogens (tertiary/aromatic N) is 4. The van der Waals surface area contributed by atoms with Gasteiger partial charge >= 0.3 is 0 Å². The lowest BCUT2D eigenvalue weighted by Crippen LogP contribution is -2.60. The summed E-state index contributed by atoms with van der Waals surface area (Å²) in [6.45, 7) is 5.51. The molecule has 3 N–H and O–H groups in total. The van der Waals surface area contributed by atoms with Gasteiger partial charge in [-0.1, -0.05) is 18.9 Å². The quantitative estimate of drug-likeness (QED) is 0.392. The number of H-pyrrole nitrogens is 1. The Balaban J connectivity index is 1.52. The lowest BCUT2D eigenvalue weighted by Gasteiger charge is -2.48. The van der Waals surface area contributed by atoms with E-state index < -0.39 is 17.9 Å². The van der Waals surface area contributed by atoms with E-state index in [1.54, 1.807) is 18.1 Å². The van der Waals surface area contributed by atoms with Gasteiger partial charge < -0.3 is 19.4 Å². The van der Waals surface area contributed by atoms with E-state index in [1.165, 1.54) is 12.4 Å². The molecule has 2 atom stereocenters. The van der Waals surface area contributed by atoms with Gasteiger partial charge in [-0.15, -0.1) is 0 Å². The Morgan fingerprint density at radius 2 is 2.15 bits per heavy atom. The van der Waals surface area contributed by atoms with Gasteiger partial charge in [0, 0.05) is 37.5 Å². The van der Waals surface area contributed by atoms with Crippen LogP contribution in [0.25, 0.3) is 17.5 Å². The first kappa shape index (κ1) is 23.7. The maximum atomic E-state index is 12.5. The van der Waals surface area contributed by atoms with Crippen molar-refractivity contribution in [1.82, 2.24) is 24.7 Å². The Morgan fingerprint density at radius 3 is 2.88 bits per heavy atom. The molecule has 2 aromatic rings. The van der Waals surface area contributed by atoms with Crippen molar-refractivity contribution in [3.05, 3.63) is 30.5 Å². The molecule has 2 aromatic heterocycles. The van der Waals surface area contributed by atoms with Crippen LogP contribution in [0.1, 0.15) is 12.7 Å². The molecule has 9 nitrogen and oxygen atoms in total. The van der Waals surface area contributed by atoms with Crippen LogP contribution >= 0.6 is 11.9 Å². The third-order valence-electron chi connectivity index (χ3n) is 5.91. The first-order chi connectivity index (χ1) is 15.9. The van der Waals surface area contributed by atoms with Crippen molar-refractivity contribution in [2.24, 2.45) is 11.8 Å². The van der Waals surface area contributed by atoms with Crippen molar-refractivity contribution < 1.29 is 18.3 Å². The van der Waals surface area contributed by atoms with Gasteiger partial charge in [0.1, 0.15) is 18.0 Å². The van der Waals surface area contributed by atoms with E-state index in [9.17, 15) is 8.78 Å². The van der Waals surface area contributed by atoms with Gasteiger partial charge in [-0.25, -0.2) is 23.7 Å². The molecule has 2 fully saturated rings. The number of allylic oxidation sites excluding steroid dienone is 1. The van der Waals surface area contributed by atoms with Crippen LogP contribution < -0.4 is 9.62 Å². The Bertz CT molecular complexity index is 996. The minimum Gasteiger partial charge on any atom is -0.355 e. The number of hydrogen-bond donors (Lipinski definition) is 3. The summed E-state index contributed by atoms with van der Waals surface area (Å²) in [5, 5.41) is 7.21.